The highest BCUT2D eigenvalue weighted by Crippen LogP contribution is 2.22. The molecule has 0 aromatic rings. The summed E-state index contributed by atoms with van der Waals surface area (Å²) in [5, 5.41) is 4.08. The van der Waals surface area contributed by atoms with Gasteiger partial charge in [0.25, 0.3) is 0 Å². The first-order chi connectivity index (χ1) is 10.9. The molecule has 2 atom stereocenters. The first-order valence-electron chi connectivity index (χ1n) is 8.39. The van der Waals surface area contributed by atoms with E-state index in [1.807, 2.05) is 18.7 Å². The van der Waals surface area contributed by atoms with Crippen LogP contribution in [0.4, 0.5) is 0 Å². The zero-order valence-electron chi connectivity index (χ0n) is 14.7. The van der Waals surface area contributed by atoms with Crippen molar-refractivity contribution in [3.8, 4) is 0 Å². The van der Waals surface area contributed by atoms with E-state index in [9.17, 15) is 8.42 Å². The Kier molecular flexibility index (Phi) is 9.43. The number of nitrogens with one attached hydrogen (secondary N) is 1. The molecule has 1 N–H and O–H groups in total. The molecule has 140 valence electrons. The summed E-state index contributed by atoms with van der Waals surface area (Å²) in [6, 6.07) is 0. The molecule has 0 radical (unpaired) electrons. The van der Waals surface area contributed by atoms with Crippen LogP contribution in [0.3, 0.4) is 0 Å². The topological polar surface area (TPSA) is 61.8 Å². The lowest BCUT2D eigenvalue weighted by atomic mass is 10.1. The van der Waals surface area contributed by atoms with Crippen LogP contribution in [0.25, 0.3) is 0 Å². The maximum Gasteiger partial charge on any atom is 0.194 e. The molecule has 0 spiro atoms. The highest BCUT2D eigenvalue weighted by Gasteiger charge is 2.28. The van der Waals surface area contributed by atoms with E-state index in [0.29, 0.717) is 29.8 Å². The molecule has 2 unspecified atom stereocenters. The van der Waals surface area contributed by atoms with Crippen molar-refractivity contribution >= 4 is 51.5 Å². The Hall–Kier alpha value is 0.0400. The minimum atomic E-state index is -2.82. The summed E-state index contributed by atoms with van der Waals surface area (Å²) in [6.07, 6.45) is 1.92. The fourth-order valence-corrected chi connectivity index (χ4v) is 5.95. The van der Waals surface area contributed by atoms with E-state index in [4.69, 9.17) is 0 Å². The van der Waals surface area contributed by atoms with Crippen molar-refractivity contribution < 1.29 is 8.42 Å². The Labute approximate surface area is 168 Å². The van der Waals surface area contributed by atoms with Crippen molar-refractivity contribution in [3.05, 3.63) is 12.2 Å². The van der Waals surface area contributed by atoms with Crippen LogP contribution in [-0.4, -0.2) is 68.0 Å². The molecule has 2 aliphatic heterocycles. The van der Waals surface area contributed by atoms with E-state index in [0.717, 1.165) is 43.2 Å². The van der Waals surface area contributed by atoms with Crippen LogP contribution >= 0.6 is 35.7 Å². The molecule has 2 heterocycles. The predicted octanol–water partition coefficient (Wildman–Crippen LogP) is 2.39. The number of rotatable bonds is 5. The maximum absolute atomic E-state index is 11.6. The summed E-state index contributed by atoms with van der Waals surface area (Å²) >= 11 is 2.03. The molecule has 0 aliphatic carbocycles. The number of guanidine groups is 1. The lowest BCUT2D eigenvalue weighted by Gasteiger charge is -2.34. The van der Waals surface area contributed by atoms with Crippen LogP contribution in [0.1, 0.15) is 26.7 Å². The third kappa shape index (κ3) is 7.11. The highest BCUT2D eigenvalue weighted by atomic mass is 127. The second-order valence-corrected chi connectivity index (χ2v) is 10.2. The van der Waals surface area contributed by atoms with Gasteiger partial charge in [0.05, 0.1) is 18.1 Å². The van der Waals surface area contributed by atoms with Gasteiger partial charge in [0, 0.05) is 30.6 Å². The number of hydrogen-bond donors (Lipinski definition) is 1. The summed E-state index contributed by atoms with van der Waals surface area (Å²) in [5.74, 6) is 2.87. The van der Waals surface area contributed by atoms with Gasteiger partial charge in [-0.3, -0.25) is 0 Å². The van der Waals surface area contributed by atoms with Gasteiger partial charge in [-0.1, -0.05) is 19.1 Å². The lowest BCUT2D eigenvalue weighted by molar-refractivity contribution is 0.402. The second-order valence-electron chi connectivity index (χ2n) is 6.59. The minimum Gasteiger partial charge on any atom is -0.356 e. The predicted molar refractivity (Wildman–Crippen MR) is 115 cm³/mol. The number of sulfone groups is 1. The number of aliphatic imine (C=N–C) groups is 1. The summed E-state index contributed by atoms with van der Waals surface area (Å²) in [5.41, 5.74) is 1.03. The first-order valence-corrected chi connectivity index (χ1v) is 11.3. The molecule has 5 nitrogen and oxygen atoms in total. The Balaban J connectivity index is 0.00000288. The van der Waals surface area contributed by atoms with Crippen LogP contribution in [-0.2, 0) is 9.84 Å². The standard InChI is InChI=1S/C16H29N3O2S2.HI/c1-4-15-11-19(6-7-22-15)16(17-9-13(2)3)18-10-14-5-8-23(20,21)12-14;/h14-15H,2,4-12H2,1,3H3,(H,17,18);1H. The van der Waals surface area contributed by atoms with Crippen molar-refractivity contribution in [2.24, 2.45) is 10.9 Å². The van der Waals surface area contributed by atoms with Gasteiger partial charge in [-0.2, -0.15) is 11.8 Å². The van der Waals surface area contributed by atoms with E-state index in [2.05, 4.69) is 28.7 Å². The summed E-state index contributed by atoms with van der Waals surface area (Å²) < 4.78 is 23.2. The van der Waals surface area contributed by atoms with E-state index in [1.165, 1.54) is 0 Å². The van der Waals surface area contributed by atoms with Crippen LogP contribution in [0.2, 0.25) is 0 Å². The molecule has 0 saturated carbocycles. The van der Waals surface area contributed by atoms with Crippen LogP contribution in [0.15, 0.2) is 17.1 Å². The SMILES string of the molecule is C=C(C)CN=C(NCC1CCS(=O)(=O)C1)N1CCSC(CC)C1.I. The Morgan fingerprint density at radius 2 is 2.21 bits per heavy atom. The monoisotopic (exact) mass is 487 g/mol. The normalized spacial score (nSPS) is 26.8. The fourth-order valence-electron chi connectivity index (χ4n) is 2.90. The summed E-state index contributed by atoms with van der Waals surface area (Å²) in [7, 11) is -2.82. The smallest absolute Gasteiger partial charge is 0.194 e. The molecule has 0 aromatic carbocycles. The van der Waals surface area contributed by atoms with Gasteiger partial charge in [-0.05, 0) is 25.7 Å². The van der Waals surface area contributed by atoms with Gasteiger partial charge in [0.1, 0.15) is 0 Å². The van der Waals surface area contributed by atoms with Crippen molar-refractivity contribution in [1.82, 2.24) is 10.2 Å². The van der Waals surface area contributed by atoms with Gasteiger partial charge in [0.15, 0.2) is 15.8 Å². The molecule has 2 fully saturated rings. The number of hydrogen-bond acceptors (Lipinski definition) is 4. The molecule has 2 saturated heterocycles. The molecule has 2 aliphatic rings. The average molecular weight is 487 g/mol. The third-order valence-corrected chi connectivity index (χ3v) is 7.48. The van der Waals surface area contributed by atoms with E-state index in [-0.39, 0.29) is 29.9 Å². The van der Waals surface area contributed by atoms with E-state index >= 15 is 0 Å². The molecule has 0 bridgehead atoms. The van der Waals surface area contributed by atoms with E-state index < -0.39 is 9.84 Å². The Morgan fingerprint density at radius 1 is 1.46 bits per heavy atom. The Bertz CT molecular complexity index is 552. The molecule has 0 aromatic heterocycles. The summed E-state index contributed by atoms with van der Waals surface area (Å²) in [4.78, 5) is 7.00. The molecule has 8 heteroatoms. The van der Waals surface area contributed by atoms with Crippen molar-refractivity contribution in [3.63, 3.8) is 0 Å². The van der Waals surface area contributed by atoms with Crippen molar-refractivity contribution in [1.29, 1.82) is 0 Å². The molecule has 2 rings (SSSR count). The van der Waals surface area contributed by atoms with Gasteiger partial charge in [0.2, 0.25) is 0 Å². The van der Waals surface area contributed by atoms with Gasteiger partial charge < -0.3 is 10.2 Å². The van der Waals surface area contributed by atoms with Crippen LogP contribution in [0, 0.1) is 5.92 Å². The number of nitrogens with zero attached hydrogens (tertiary/aromatic N) is 2. The van der Waals surface area contributed by atoms with Gasteiger partial charge in [-0.15, -0.1) is 24.0 Å². The molecular weight excluding hydrogens is 457 g/mol. The molecule has 0 amide bonds. The summed E-state index contributed by atoms with van der Waals surface area (Å²) in [6.45, 7) is 11.4. The lowest BCUT2D eigenvalue weighted by Crippen LogP contribution is -2.49. The average Bonchev–Trinajstić information content (AvgIpc) is 2.86. The van der Waals surface area contributed by atoms with Gasteiger partial charge in [-0.25, -0.2) is 13.4 Å². The quantitative estimate of drug-likeness (QED) is 0.279. The zero-order valence-corrected chi connectivity index (χ0v) is 18.6. The number of halogens is 1. The highest BCUT2D eigenvalue weighted by molar-refractivity contribution is 14.0. The zero-order chi connectivity index (χ0) is 16.9. The Morgan fingerprint density at radius 3 is 2.79 bits per heavy atom. The fraction of sp³-hybridized carbons (Fsp3) is 0.812. The second kappa shape index (κ2) is 10.3. The third-order valence-electron chi connectivity index (χ3n) is 4.27. The van der Waals surface area contributed by atoms with Crippen molar-refractivity contribution in [2.45, 2.75) is 31.9 Å². The minimum absolute atomic E-state index is 0. The molecular formula is C16H30IN3O2S2. The maximum atomic E-state index is 11.6. The van der Waals surface area contributed by atoms with Crippen LogP contribution in [0.5, 0.6) is 0 Å². The number of thioether (sulfide) groups is 1. The van der Waals surface area contributed by atoms with E-state index in [1.54, 1.807) is 0 Å². The largest absolute Gasteiger partial charge is 0.356 e. The van der Waals surface area contributed by atoms with Crippen LogP contribution < -0.4 is 5.32 Å². The molecule has 24 heavy (non-hydrogen) atoms. The van der Waals surface area contributed by atoms with Crippen molar-refractivity contribution in [2.75, 3.05) is 43.4 Å². The van der Waals surface area contributed by atoms with Gasteiger partial charge >= 0.3 is 0 Å². The first kappa shape index (κ1) is 22.1.